The number of aromatic nitrogens is 1. The van der Waals surface area contributed by atoms with Gasteiger partial charge in [0.25, 0.3) is 5.91 Å². The van der Waals surface area contributed by atoms with E-state index in [1.54, 1.807) is 6.20 Å². The molecule has 0 radical (unpaired) electrons. The van der Waals surface area contributed by atoms with Gasteiger partial charge in [0.05, 0.1) is 9.58 Å². The number of hydrogen-bond acceptors (Lipinski definition) is 4. The van der Waals surface area contributed by atoms with Crippen LogP contribution in [0.15, 0.2) is 54.9 Å². The highest BCUT2D eigenvalue weighted by Gasteiger charge is 2.53. The van der Waals surface area contributed by atoms with Gasteiger partial charge in [-0.3, -0.25) is 9.78 Å². The Balaban J connectivity index is 1.48. The monoisotopic (exact) mass is 366 g/mol. The molecule has 0 bridgehead atoms. The van der Waals surface area contributed by atoms with Crippen molar-refractivity contribution in [3.8, 4) is 5.75 Å². The summed E-state index contributed by atoms with van der Waals surface area (Å²) >= 11 is 1.50. The van der Waals surface area contributed by atoms with Gasteiger partial charge in [-0.05, 0) is 29.7 Å². The molecule has 26 heavy (non-hydrogen) atoms. The fraction of sp³-hybridized carbons (Fsp3) is 0.333. The zero-order valence-electron chi connectivity index (χ0n) is 15.2. The van der Waals surface area contributed by atoms with Crippen LogP contribution in [0.5, 0.6) is 5.75 Å². The van der Waals surface area contributed by atoms with Gasteiger partial charge >= 0.3 is 0 Å². The second-order valence-electron chi connectivity index (χ2n) is 7.43. The van der Waals surface area contributed by atoms with E-state index in [0.717, 1.165) is 27.1 Å². The number of para-hydroxylation sites is 1. The normalized spacial score (nSPS) is 21.2. The minimum Gasteiger partial charge on any atom is -0.490 e. The van der Waals surface area contributed by atoms with Crippen LogP contribution in [0.2, 0.25) is 0 Å². The number of rotatable bonds is 4. The fourth-order valence-electron chi connectivity index (χ4n) is 3.69. The SMILES string of the molecule is CN(C(=O)c1cc2ccncc2s1)C1CC(Oc2ccccc2)C1(C)C. The summed E-state index contributed by atoms with van der Waals surface area (Å²) < 4.78 is 7.18. The molecule has 0 N–H and O–H groups in total. The summed E-state index contributed by atoms with van der Waals surface area (Å²) in [5.74, 6) is 0.956. The Labute approximate surface area is 157 Å². The molecule has 134 valence electrons. The quantitative estimate of drug-likeness (QED) is 0.677. The Kier molecular flexibility index (Phi) is 4.19. The summed E-state index contributed by atoms with van der Waals surface area (Å²) in [7, 11) is 1.90. The van der Waals surface area contributed by atoms with Crippen LogP contribution < -0.4 is 4.74 Å². The molecular weight excluding hydrogens is 344 g/mol. The molecule has 2 atom stereocenters. The minimum atomic E-state index is -0.0987. The van der Waals surface area contributed by atoms with Crippen molar-refractivity contribution in [3.05, 3.63) is 59.7 Å². The Hall–Kier alpha value is -2.40. The van der Waals surface area contributed by atoms with E-state index in [-0.39, 0.29) is 23.5 Å². The van der Waals surface area contributed by atoms with E-state index in [1.807, 2.05) is 60.6 Å². The van der Waals surface area contributed by atoms with Crippen molar-refractivity contribution < 1.29 is 9.53 Å². The third kappa shape index (κ3) is 2.86. The number of amides is 1. The molecule has 4 nitrogen and oxygen atoms in total. The highest BCUT2D eigenvalue weighted by Crippen LogP contribution is 2.46. The average Bonchev–Trinajstić information content (AvgIpc) is 3.08. The molecule has 0 spiro atoms. The molecule has 2 unspecified atom stereocenters. The van der Waals surface area contributed by atoms with Gasteiger partial charge < -0.3 is 9.64 Å². The second kappa shape index (κ2) is 6.40. The summed E-state index contributed by atoms with van der Waals surface area (Å²) in [5, 5.41) is 1.07. The summed E-state index contributed by atoms with van der Waals surface area (Å²) in [4.78, 5) is 19.8. The van der Waals surface area contributed by atoms with Crippen LogP contribution in [0.25, 0.3) is 10.1 Å². The maximum atomic E-state index is 13.0. The van der Waals surface area contributed by atoms with Gasteiger partial charge in [-0.15, -0.1) is 11.3 Å². The molecule has 1 aromatic carbocycles. The van der Waals surface area contributed by atoms with Crippen LogP contribution >= 0.6 is 11.3 Å². The van der Waals surface area contributed by atoms with Crippen LogP contribution in [0.1, 0.15) is 29.9 Å². The summed E-state index contributed by atoms with van der Waals surface area (Å²) in [6.45, 7) is 4.35. The van der Waals surface area contributed by atoms with E-state index in [1.165, 1.54) is 11.3 Å². The number of pyridine rings is 1. The first-order chi connectivity index (χ1) is 12.5. The Morgan fingerprint density at radius 3 is 2.73 bits per heavy atom. The fourth-order valence-corrected chi connectivity index (χ4v) is 4.70. The topological polar surface area (TPSA) is 42.4 Å². The highest BCUT2D eigenvalue weighted by atomic mass is 32.1. The van der Waals surface area contributed by atoms with Crippen molar-refractivity contribution in [3.63, 3.8) is 0 Å². The maximum Gasteiger partial charge on any atom is 0.263 e. The van der Waals surface area contributed by atoms with Crippen molar-refractivity contribution in [1.82, 2.24) is 9.88 Å². The first-order valence-corrected chi connectivity index (χ1v) is 9.61. The van der Waals surface area contributed by atoms with Crippen LogP contribution in [-0.4, -0.2) is 35.0 Å². The number of carbonyl (C=O) groups excluding carboxylic acids is 1. The lowest BCUT2D eigenvalue weighted by Gasteiger charge is -2.54. The van der Waals surface area contributed by atoms with Gasteiger partial charge in [-0.25, -0.2) is 0 Å². The van der Waals surface area contributed by atoms with E-state index in [9.17, 15) is 4.79 Å². The highest BCUT2D eigenvalue weighted by molar-refractivity contribution is 7.20. The van der Waals surface area contributed by atoms with Crippen LogP contribution in [0.3, 0.4) is 0 Å². The third-order valence-corrected chi connectivity index (χ3v) is 6.54. The van der Waals surface area contributed by atoms with Gasteiger partial charge in [-0.1, -0.05) is 32.0 Å². The summed E-state index contributed by atoms with van der Waals surface area (Å²) in [6, 6.07) is 14.0. The molecule has 2 aromatic heterocycles. The number of thiophene rings is 1. The first kappa shape index (κ1) is 17.0. The molecule has 5 heteroatoms. The largest absolute Gasteiger partial charge is 0.490 e. The molecule has 1 aliphatic rings. The van der Waals surface area contributed by atoms with Crippen molar-refractivity contribution in [1.29, 1.82) is 0 Å². The average molecular weight is 366 g/mol. The van der Waals surface area contributed by atoms with E-state index in [0.29, 0.717) is 0 Å². The molecule has 4 rings (SSSR count). The van der Waals surface area contributed by atoms with Gasteiger partial charge in [-0.2, -0.15) is 0 Å². The standard InChI is InChI=1S/C21H22N2O2S/c1-21(2)18(12-19(21)25-15-7-5-4-6-8-15)23(3)20(24)16-11-14-9-10-22-13-17(14)26-16/h4-11,13,18-19H,12H2,1-3H3. The number of nitrogens with zero attached hydrogens (tertiary/aromatic N) is 2. The Morgan fingerprint density at radius 1 is 1.27 bits per heavy atom. The van der Waals surface area contributed by atoms with Gasteiger partial charge in [0.1, 0.15) is 11.9 Å². The van der Waals surface area contributed by atoms with E-state index >= 15 is 0 Å². The first-order valence-electron chi connectivity index (χ1n) is 8.79. The molecule has 0 aliphatic heterocycles. The van der Waals surface area contributed by atoms with Crippen molar-refractivity contribution >= 4 is 27.3 Å². The number of hydrogen-bond donors (Lipinski definition) is 0. The predicted octanol–water partition coefficient (Wildman–Crippen LogP) is 4.61. The number of fused-ring (bicyclic) bond motifs is 1. The Bertz CT molecular complexity index is 902. The molecule has 1 fully saturated rings. The number of ether oxygens (including phenoxy) is 1. The Morgan fingerprint density at radius 2 is 2.04 bits per heavy atom. The molecule has 1 amide bonds. The third-order valence-electron chi connectivity index (χ3n) is 5.47. The molecule has 1 aliphatic carbocycles. The minimum absolute atomic E-state index is 0.0717. The smallest absolute Gasteiger partial charge is 0.263 e. The maximum absolute atomic E-state index is 13.0. The lowest BCUT2D eigenvalue weighted by Crippen LogP contribution is -2.63. The van der Waals surface area contributed by atoms with E-state index < -0.39 is 0 Å². The van der Waals surface area contributed by atoms with Gasteiger partial charge in [0.2, 0.25) is 0 Å². The van der Waals surface area contributed by atoms with Gasteiger partial charge in [0, 0.05) is 37.3 Å². The molecule has 1 saturated carbocycles. The zero-order valence-corrected chi connectivity index (χ0v) is 16.0. The van der Waals surface area contributed by atoms with Crippen LogP contribution in [-0.2, 0) is 0 Å². The molecular formula is C21H22N2O2S. The van der Waals surface area contributed by atoms with Crippen LogP contribution in [0, 0.1) is 5.41 Å². The lowest BCUT2D eigenvalue weighted by molar-refractivity contribution is -0.0885. The summed E-state index contributed by atoms with van der Waals surface area (Å²) in [5.41, 5.74) is -0.0987. The molecule has 3 aromatic rings. The molecule has 0 saturated heterocycles. The zero-order chi connectivity index (χ0) is 18.3. The van der Waals surface area contributed by atoms with Crippen molar-refractivity contribution in [2.75, 3.05) is 7.05 Å². The number of benzene rings is 1. The van der Waals surface area contributed by atoms with Crippen molar-refractivity contribution in [2.45, 2.75) is 32.4 Å². The lowest BCUT2D eigenvalue weighted by atomic mass is 9.63. The second-order valence-corrected chi connectivity index (χ2v) is 8.52. The van der Waals surface area contributed by atoms with Crippen molar-refractivity contribution in [2.24, 2.45) is 5.41 Å². The molecule has 2 heterocycles. The van der Waals surface area contributed by atoms with Crippen LogP contribution in [0.4, 0.5) is 0 Å². The summed E-state index contributed by atoms with van der Waals surface area (Å²) in [6.07, 6.45) is 4.52. The predicted molar refractivity (Wildman–Crippen MR) is 105 cm³/mol. The van der Waals surface area contributed by atoms with E-state index in [2.05, 4.69) is 18.8 Å². The number of carbonyl (C=O) groups is 1. The van der Waals surface area contributed by atoms with Gasteiger partial charge in [0.15, 0.2) is 0 Å². The van der Waals surface area contributed by atoms with E-state index in [4.69, 9.17) is 4.74 Å².